The fourth-order valence-electron chi connectivity index (χ4n) is 2.14. The van der Waals surface area contributed by atoms with E-state index in [-0.39, 0.29) is 0 Å². The standard InChI is InChI=1S/C15H30BrN/c1-13(2)5-9-17(10-6-14(3)4)12-15(11-16)7-8-15/h13-14H,5-12H2,1-4H3. The van der Waals surface area contributed by atoms with Crippen LogP contribution in [0.25, 0.3) is 0 Å². The molecule has 0 heterocycles. The molecule has 1 aliphatic rings. The van der Waals surface area contributed by atoms with Gasteiger partial charge in [0.05, 0.1) is 0 Å². The lowest BCUT2D eigenvalue weighted by atomic mass is 10.1. The van der Waals surface area contributed by atoms with E-state index in [2.05, 4.69) is 48.5 Å². The molecule has 0 aromatic rings. The summed E-state index contributed by atoms with van der Waals surface area (Å²) in [5.41, 5.74) is 0.633. The van der Waals surface area contributed by atoms with E-state index in [1.165, 1.54) is 50.6 Å². The van der Waals surface area contributed by atoms with Crippen molar-refractivity contribution in [3.05, 3.63) is 0 Å². The van der Waals surface area contributed by atoms with Crippen LogP contribution in [0.2, 0.25) is 0 Å². The minimum Gasteiger partial charge on any atom is -0.303 e. The van der Waals surface area contributed by atoms with Crippen LogP contribution >= 0.6 is 15.9 Å². The third-order valence-corrected chi connectivity index (χ3v) is 5.03. The molecule has 0 N–H and O–H groups in total. The zero-order chi connectivity index (χ0) is 12.9. The van der Waals surface area contributed by atoms with Crippen molar-refractivity contribution in [1.82, 2.24) is 4.90 Å². The van der Waals surface area contributed by atoms with Crippen LogP contribution in [0.3, 0.4) is 0 Å². The molecule has 1 saturated carbocycles. The van der Waals surface area contributed by atoms with E-state index < -0.39 is 0 Å². The van der Waals surface area contributed by atoms with Gasteiger partial charge in [0, 0.05) is 11.9 Å². The van der Waals surface area contributed by atoms with Gasteiger partial charge in [0.2, 0.25) is 0 Å². The summed E-state index contributed by atoms with van der Waals surface area (Å²) in [6.45, 7) is 13.2. The molecular weight excluding hydrogens is 274 g/mol. The summed E-state index contributed by atoms with van der Waals surface area (Å²) in [5.74, 6) is 1.66. The summed E-state index contributed by atoms with van der Waals surface area (Å²) in [4.78, 5) is 2.72. The third kappa shape index (κ3) is 6.24. The third-order valence-electron chi connectivity index (χ3n) is 3.84. The first-order valence-electron chi connectivity index (χ1n) is 7.26. The number of alkyl halides is 1. The van der Waals surface area contributed by atoms with Gasteiger partial charge in [-0.15, -0.1) is 0 Å². The molecule has 1 aliphatic carbocycles. The molecule has 0 radical (unpaired) electrons. The minimum atomic E-state index is 0.633. The molecule has 0 unspecified atom stereocenters. The Kier molecular flexibility index (Phi) is 6.50. The molecule has 0 amide bonds. The summed E-state index contributed by atoms with van der Waals surface area (Å²) in [6, 6.07) is 0. The van der Waals surface area contributed by atoms with Crippen molar-refractivity contribution in [3.63, 3.8) is 0 Å². The number of nitrogens with zero attached hydrogens (tertiary/aromatic N) is 1. The highest BCUT2D eigenvalue weighted by Gasteiger charge is 2.42. The molecule has 1 fully saturated rings. The van der Waals surface area contributed by atoms with Crippen molar-refractivity contribution in [3.8, 4) is 0 Å². The quantitative estimate of drug-likeness (QED) is 0.565. The lowest BCUT2D eigenvalue weighted by Crippen LogP contribution is -2.34. The molecule has 0 spiro atoms. The predicted molar refractivity (Wildman–Crippen MR) is 80.8 cm³/mol. The van der Waals surface area contributed by atoms with Gasteiger partial charge in [0.15, 0.2) is 0 Å². The van der Waals surface area contributed by atoms with Gasteiger partial charge in [-0.1, -0.05) is 43.6 Å². The monoisotopic (exact) mass is 303 g/mol. The van der Waals surface area contributed by atoms with E-state index in [4.69, 9.17) is 0 Å². The van der Waals surface area contributed by atoms with E-state index in [0.29, 0.717) is 5.41 Å². The zero-order valence-corrected chi connectivity index (χ0v) is 13.7. The van der Waals surface area contributed by atoms with Gasteiger partial charge >= 0.3 is 0 Å². The van der Waals surface area contributed by atoms with Crippen LogP contribution in [-0.2, 0) is 0 Å². The van der Waals surface area contributed by atoms with Crippen LogP contribution in [0.4, 0.5) is 0 Å². The Balaban J connectivity index is 2.35. The molecule has 17 heavy (non-hydrogen) atoms. The highest BCUT2D eigenvalue weighted by molar-refractivity contribution is 9.09. The first-order valence-corrected chi connectivity index (χ1v) is 8.38. The number of rotatable bonds is 9. The zero-order valence-electron chi connectivity index (χ0n) is 12.1. The van der Waals surface area contributed by atoms with E-state index in [1.807, 2.05) is 0 Å². The fraction of sp³-hybridized carbons (Fsp3) is 1.00. The number of hydrogen-bond donors (Lipinski definition) is 0. The molecule has 0 atom stereocenters. The average molecular weight is 304 g/mol. The van der Waals surface area contributed by atoms with Gasteiger partial charge in [-0.3, -0.25) is 0 Å². The summed E-state index contributed by atoms with van der Waals surface area (Å²) in [7, 11) is 0. The Hall–Kier alpha value is 0.440. The molecule has 0 bridgehead atoms. The van der Waals surface area contributed by atoms with Gasteiger partial charge < -0.3 is 4.90 Å². The summed E-state index contributed by atoms with van der Waals surface area (Å²) in [6.07, 6.45) is 5.54. The number of hydrogen-bond acceptors (Lipinski definition) is 1. The summed E-state index contributed by atoms with van der Waals surface area (Å²) in [5, 5.41) is 1.19. The van der Waals surface area contributed by atoms with Crippen molar-refractivity contribution >= 4 is 15.9 Å². The smallest absolute Gasteiger partial charge is 0.0100 e. The second-order valence-electron chi connectivity index (χ2n) is 6.77. The number of halogens is 1. The second kappa shape index (κ2) is 7.13. The SMILES string of the molecule is CC(C)CCN(CCC(C)C)CC1(CBr)CC1. The summed E-state index contributed by atoms with van der Waals surface area (Å²) < 4.78 is 0. The highest BCUT2D eigenvalue weighted by Crippen LogP contribution is 2.47. The van der Waals surface area contributed by atoms with E-state index in [9.17, 15) is 0 Å². The maximum absolute atomic E-state index is 3.70. The lowest BCUT2D eigenvalue weighted by Gasteiger charge is -2.28. The van der Waals surface area contributed by atoms with Crippen LogP contribution < -0.4 is 0 Å². The van der Waals surface area contributed by atoms with E-state index >= 15 is 0 Å². The van der Waals surface area contributed by atoms with Crippen LogP contribution in [0.1, 0.15) is 53.4 Å². The predicted octanol–water partition coefficient (Wildman–Crippen LogP) is 4.56. The second-order valence-corrected chi connectivity index (χ2v) is 7.34. The molecule has 0 aromatic carbocycles. The van der Waals surface area contributed by atoms with E-state index in [1.54, 1.807) is 0 Å². The van der Waals surface area contributed by atoms with Crippen molar-refractivity contribution < 1.29 is 0 Å². The Bertz CT molecular complexity index is 197. The van der Waals surface area contributed by atoms with Crippen LogP contribution in [0.5, 0.6) is 0 Å². The van der Waals surface area contributed by atoms with Crippen LogP contribution in [0.15, 0.2) is 0 Å². The fourth-order valence-corrected chi connectivity index (χ4v) is 2.87. The van der Waals surface area contributed by atoms with Gasteiger partial charge in [-0.05, 0) is 56.0 Å². The molecule has 2 heteroatoms. The Morgan fingerprint density at radius 2 is 1.47 bits per heavy atom. The largest absolute Gasteiger partial charge is 0.303 e. The molecule has 1 nitrogen and oxygen atoms in total. The lowest BCUT2D eigenvalue weighted by molar-refractivity contribution is 0.208. The Morgan fingerprint density at radius 1 is 1.00 bits per heavy atom. The van der Waals surface area contributed by atoms with Gasteiger partial charge in [0.1, 0.15) is 0 Å². The minimum absolute atomic E-state index is 0.633. The van der Waals surface area contributed by atoms with Gasteiger partial charge in [-0.25, -0.2) is 0 Å². The maximum Gasteiger partial charge on any atom is 0.0100 e. The average Bonchev–Trinajstić information content (AvgIpc) is 3.02. The molecule has 0 saturated heterocycles. The Morgan fingerprint density at radius 3 is 1.76 bits per heavy atom. The maximum atomic E-state index is 3.70. The molecule has 102 valence electrons. The van der Waals surface area contributed by atoms with Gasteiger partial charge in [0.25, 0.3) is 0 Å². The summed E-state index contributed by atoms with van der Waals surface area (Å²) >= 11 is 3.70. The molecule has 0 aromatic heterocycles. The molecule has 0 aliphatic heterocycles. The van der Waals surface area contributed by atoms with Crippen molar-refractivity contribution in [2.75, 3.05) is 25.0 Å². The first kappa shape index (κ1) is 15.5. The van der Waals surface area contributed by atoms with Gasteiger partial charge in [-0.2, -0.15) is 0 Å². The van der Waals surface area contributed by atoms with E-state index in [0.717, 1.165) is 11.8 Å². The normalized spacial score (nSPS) is 18.4. The topological polar surface area (TPSA) is 3.24 Å². The molecular formula is C15H30BrN. The Labute approximate surface area is 116 Å². The van der Waals surface area contributed by atoms with Crippen molar-refractivity contribution in [1.29, 1.82) is 0 Å². The van der Waals surface area contributed by atoms with Crippen LogP contribution in [-0.4, -0.2) is 29.9 Å². The highest BCUT2D eigenvalue weighted by atomic mass is 79.9. The van der Waals surface area contributed by atoms with Crippen molar-refractivity contribution in [2.45, 2.75) is 53.4 Å². The molecule has 1 rings (SSSR count). The van der Waals surface area contributed by atoms with Crippen LogP contribution in [0, 0.1) is 17.3 Å². The first-order chi connectivity index (χ1) is 7.97. The van der Waals surface area contributed by atoms with Crippen molar-refractivity contribution in [2.24, 2.45) is 17.3 Å².